The zero-order valence-electron chi connectivity index (χ0n) is 10.4. The van der Waals surface area contributed by atoms with Crippen LogP contribution >= 0.6 is 23.4 Å². The highest BCUT2D eigenvalue weighted by atomic mass is 35.5. The smallest absolute Gasteiger partial charge is 0.296 e. The molecular weight excluding hydrogens is 329 g/mol. The summed E-state index contributed by atoms with van der Waals surface area (Å²) in [7, 11) is -4.60. The fourth-order valence-corrected chi connectivity index (χ4v) is 3.40. The van der Waals surface area contributed by atoms with Crippen LogP contribution in [0.4, 0.5) is 9.70 Å². The zero-order chi connectivity index (χ0) is 14.9. The molecule has 1 aromatic heterocycles. The summed E-state index contributed by atoms with van der Waals surface area (Å²) in [6.07, 6.45) is 1.74. The van der Waals surface area contributed by atoms with E-state index in [1.165, 1.54) is 22.7 Å². The molecule has 1 saturated heterocycles. The number of thioether (sulfide) groups is 1. The first-order valence-electron chi connectivity index (χ1n) is 5.60. The van der Waals surface area contributed by atoms with Crippen molar-refractivity contribution in [3.63, 3.8) is 0 Å². The molecule has 0 N–H and O–H groups in total. The molecule has 1 amide bonds. The molecule has 0 spiro atoms. The van der Waals surface area contributed by atoms with Gasteiger partial charge in [-0.2, -0.15) is 8.42 Å². The Morgan fingerprint density at radius 1 is 1.55 bits per heavy atom. The van der Waals surface area contributed by atoms with E-state index in [-0.39, 0.29) is 24.0 Å². The number of carbonyl (C=O) groups excluding carboxylic acids is 1. The number of halogens is 2. The average molecular weight is 340 g/mol. The van der Waals surface area contributed by atoms with Crippen LogP contribution in [-0.2, 0) is 15.0 Å². The van der Waals surface area contributed by atoms with Gasteiger partial charge in [-0.15, -0.1) is 3.89 Å². The quantitative estimate of drug-likeness (QED) is 0.358. The number of aromatic nitrogens is 2. The normalized spacial score (nSPS) is 19.6. The maximum atomic E-state index is 12.7. The Morgan fingerprint density at radius 3 is 2.85 bits per heavy atom. The lowest BCUT2D eigenvalue weighted by Gasteiger charge is -2.15. The Labute approximate surface area is 124 Å². The Bertz CT molecular complexity index is 641. The van der Waals surface area contributed by atoms with Crippen LogP contribution in [0.25, 0.3) is 0 Å². The van der Waals surface area contributed by atoms with Gasteiger partial charge in [0, 0.05) is 24.9 Å². The zero-order valence-corrected chi connectivity index (χ0v) is 12.8. The summed E-state index contributed by atoms with van der Waals surface area (Å²) in [5.41, 5.74) is 0. The third-order valence-electron chi connectivity index (χ3n) is 2.76. The number of hydrogen-bond acceptors (Lipinski definition) is 6. The highest BCUT2D eigenvalue weighted by Gasteiger charge is 2.34. The molecule has 1 unspecified atom stereocenters. The summed E-state index contributed by atoms with van der Waals surface area (Å²) in [5, 5.41) is 0.593. The molecule has 0 aromatic carbocycles. The van der Waals surface area contributed by atoms with Crippen LogP contribution in [0.3, 0.4) is 0 Å². The molecule has 2 heterocycles. The van der Waals surface area contributed by atoms with E-state index in [0.717, 1.165) is 0 Å². The molecule has 0 radical (unpaired) electrons. The predicted octanol–water partition coefficient (Wildman–Crippen LogP) is 1.50. The van der Waals surface area contributed by atoms with Crippen LogP contribution in [-0.4, -0.2) is 42.8 Å². The van der Waals surface area contributed by atoms with Gasteiger partial charge in [0.15, 0.2) is 5.16 Å². The topological polar surface area (TPSA) is 80.2 Å². The van der Waals surface area contributed by atoms with Crippen molar-refractivity contribution in [1.29, 1.82) is 0 Å². The molecule has 10 heteroatoms. The van der Waals surface area contributed by atoms with E-state index in [4.69, 9.17) is 11.6 Å². The first-order chi connectivity index (χ1) is 9.28. The van der Waals surface area contributed by atoms with Gasteiger partial charge in [-0.3, -0.25) is 9.69 Å². The van der Waals surface area contributed by atoms with E-state index in [9.17, 15) is 17.1 Å². The largest absolute Gasteiger partial charge is 0.302 e. The number of carbonyl (C=O) groups is 1. The van der Waals surface area contributed by atoms with E-state index in [1.54, 1.807) is 6.26 Å². The first-order valence-corrected chi connectivity index (χ1v) is 8.75. The molecule has 20 heavy (non-hydrogen) atoms. The Hall–Kier alpha value is -0.930. The lowest BCUT2D eigenvalue weighted by molar-refractivity contribution is -0.117. The van der Waals surface area contributed by atoms with Crippen LogP contribution in [0.5, 0.6) is 0 Å². The Balaban J connectivity index is 2.21. The van der Waals surface area contributed by atoms with Crippen molar-refractivity contribution in [2.75, 3.05) is 23.5 Å². The van der Waals surface area contributed by atoms with E-state index in [1.807, 2.05) is 0 Å². The molecule has 6 nitrogen and oxygen atoms in total. The third kappa shape index (κ3) is 3.80. The van der Waals surface area contributed by atoms with E-state index >= 15 is 0 Å². The molecule has 0 bridgehead atoms. The molecule has 0 aliphatic carbocycles. The highest BCUT2D eigenvalue weighted by molar-refractivity contribution is 7.98. The van der Waals surface area contributed by atoms with Gasteiger partial charge in [0.1, 0.15) is 11.0 Å². The van der Waals surface area contributed by atoms with Gasteiger partial charge in [0.25, 0.3) is 0 Å². The summed E-state index contributed by atoms with van der Waals surface area (Å²) in [6, 6.07) is 1.42. The number of rotatable bonds is 4. The maximum Gasteiger partial charge on any atom is 0.302 e. The van der Waals surface area contributed by atoms with Gasteiger partial charge in [-0.05, 0) is 6.26 Å². The van der Waals surface area contributed by atoms with Crippen molar-refractivity contribution < 1.29 is 17.1 Å². The molecular formula is C10H11ClFN3O3S2. The summed E-state index contributed by atoms with van der Waals surface area (Å²) >= 11 is 7.11. The fourth-order valence-electron chi connectivity index (χ4n) is 2.01. The molecule has 110 valence electrons. The van der Waals surface area contributed by atoms with Gasteiger partial charge in [-0.25, -0.2) is 9.97 Å². The van der Waals surface area contributed by atoms with Crippen LogP contribution in [0.2, 0.25) is 5.15 Å². The van der Waals surface area contributed by atoms with E-state index in [0.29, 0.717) is 11.0 Å². The van der Waals surface area contributed by atoms with Gasteiger partial charge >= 0.3 is 10.2 Å². The Kier molecular flexibility index (Phi) is 4.50. The molecule has 1 atom stereocenters. The van der Waals surface area contributed by atoms with Crippen molar-refractivity contribution in [3.05, 3.63) is 11.2 Å². The second kappa shape index (κ2) is 5.82. The van der Waals surface area contributed by atoms with Crippen molar-refractivity contribution in [1.82, 2.24) is 9.97 Å². The number of anilines is 1. The fraction of sp³-hybridized carbons (Fsp3) is 0.500. The van der Waals surface area contributed by atoms with Gasteiger partial charge < -0.3 is 0 Å². The summed E-state index contributed by atoms with van der Waals surface area (Å²) in [6.45, 7) is 0.100. The van der Waals surface area contributed by atoms with Gasteiger partial charge in [-0.1, -0.05) is 23.4 Å². The SMILES string of the molecule is CSc1nc(Cl)cc(N2CC(CS(=O)(=O)F)CC2=O)n1. The summed E-state index contributed by atoms with van der Waals surface area (Å²) < 4.78 is 34.0. The molecule has 1 aromatic rings. The molecule has 1 aliphatic heterocycles. The van der Waals surface area contributed by atoms with Crippen molar-refractivity contribution in [3.8, 4) is 0 Å². The van der Waals surface area contributed by atoms with Crippen molar-refractivity contribution >= 4 is 45.3 Å². The lowest BCUT2D eigenvalue weighted by atomic mass is 10.1. The average Bonchev–Trinajstić information content (AvgIpc) is 2.66. The van der Waals surface area contributed by atoms with Crippen LogP contribution < -0.4 is 4.90 Å². The standard InChI is InChI=1S/C10H11ClFN3O3S2/c1-19-10-13-7(11)3-8(14-10)15-4-6(2-9(15)16)5-20(12,17)18/h3,6H,2,4-5H2,1H3. The van der Waals surface area contributed by atoms with Gasteiger partial charge in [0.2, 0.25) is 5.91 Å². The van der Waals surface area contributed by atoms with Crippen LogP contribution in [0, 0.1) is 5.92 Å². The Morgan fingerprint density at radius 2 is 2.25 bits per heavy atom. The lowest BCUT2D eigenvalue weighted by Crippen LogP contribution is -2.26. The van der Waals surface area contributed by atoms with Crippen LogP contribution in [0.15, 0.2) is 11.2 Å². The number of hydrogen-bond donors (Lipinski definition) is 0. The second-order valence-corrected chi connectivity index (χ2v) is 6.89. The number of nitrogens with zero attached hydrogens (tertiary/aromatic N) is 3. The second-order valence-electron chi connectivity index (χ2n) is 4.32. The summed E-state index contributed by atoms with van der Waals surface area (Å²) in [5.74, 6) is -1.24. The summed E-state index contributed by atoms with van der Waals surface area (Å²) in [4.78, 5) is 21.3. The van der Waals surface area contributed by atoms with Crippen LogP contribution in [0.1, 0.15) is 6.42 Å². The predicted molar refractivity (Wildman–Crippen MR) is 74.2 cm³/mol. The van der Waals surface area contributed by atoms with Crippen molar-refractivity contribution in [2.24, 2.45) is 5.92 Å². The minimum absolute atomic E-state index is 0.0284. The molecule has 1 fully saturated rings. The molecule has 1 aliphatic rings. The third-order valence-corrected chi connectivity index (χ3v) is 4.37. The minimum atomic E-state index is -4.60. The minimum Gasteiger partial charge on any atom is -0.296 e. The van der Waals surface area contributed by atoms with Crippen molar-refractivity contribution in [2.45, 2.75) is 11.6 Å². The number of amides is 1. The van der Waals surface area contributed by atoms with E-state index < -0.39 is 21.9 Å². The van der Waals surface area contributed by atoms with Gasteiger partial charge in [0.05, 0.1) is 5.75 Å². The highest BCUT2D eigenvalue weighted by Crippen LogP contribution is 2.27. The van der Waals surface area contributed by atoms with E-state index in [2.05, 4.69) is 9.97 Å². The molecule has 2 rings (SSSR count). The monoisotopic (exact) mass is 339 g/mol. The maximum absolute atomic E-state index is 12.7. The first kappa shape index (κ1) is 15.5. The molecule has 0 saturated carbocycles.